The smallest absolute Gasteiger partial charge is 0.308 e. The molecule has 0 fully saturated rings. The highest BCUT2D eigenvalue weighted by Crippen LogP contribution is 2.38. The fraction of sp³-hybridized carbons (Fsp3) is 0.158. The van der Waals surface area contributed by atoms with Crippen molar-refractivity contribution in [2.24, 2.45) is 5.10 Å². The Morgan fingerprint density at radius 1 is 1.24 bits per heavy atom. The van der Waals surface area contributed by atoms with Crippen LogP contribution in [0.3, 0.4) is 0 Å². The number of nitrogens with one attached hydrogen (secondary N) is 2. The third-order valence-electron chi connectivity index (χ3n) is 3.76. The quantitative estimate of drug-likeness (QED) is 0.266. The maximum Gasteiger partial charge on any atom is 0.308 e. The lowest BCUT2D eigenvalue weighted by atomic mass is 10.2. The van der Waals surface area contributed by atoms with E-state index in [9.17, 15) is 9.59 Å². The van der Waals surface area contributed by atoms with E-state index in [-0.39, 0.29) is 5.75 Å². The maximum atomic E-state index is 12.4. The molecule has 10 heteroatoms. The van der Waals surface area contributed by atoms with Gasteiger partial charge in [-0.25, -0.2) is 5.43 Å². The number of aromatic amines is 1. The molecule has 0 aliphatic heterocycles. The number of hydrogen-bond acceptors (Lipinski definition) is 8. The number of nitrogens with zero attached hydrogens (tertiary/aromatic N) is 2. The van der Waals surface area contributed by atoms with Crippen LogP contribution >= 0.6 is 11.3 Å². The second-order valence-electron chi connectivity index (χ2n) is 5.68. The molecule has 0 saturated heterocycles. The van der Waals surface area contributed by atoms with E-state index in [1.165, 1.54) is 44.9 Å². The molecular formula is C19H18N4O5S. The van der Waals surface area contributed by atoms with Crippen LogP contribution in [0.2, 0.25) is 0 Å². The van der Waals surface area contributed by atoms with E-state index >= 15 is 0 Å². The number of esters is 1. The molecule has 2 aromatic heterocycles. The molecule has 3 rings (SSSR count). The summed E-state index contributed by atoms with van der Waals surface area (Å²) in [5.74, 6) is -0.155. The highest BCUT2D eigenvalue weighted by Gasteiger charge is 2.17. The van der Waals surface area contributed by atoms with Crippen molar-refractivity contribution >= 4 is 29.4 Å². The molecule has 9 nitrogen and oxygen atoms in total. The molecule has 0 bridgehead atoms. The summed E-state index contributed by atoms with van der Waals surface area (Å²) in [4.78, 5) is 24.6. The van der Waals surface area contributed by atoms with Crippen molar-refractivity contribution in [1.82, 2.24) is 15.6 Å². The normalized spacial score (nSPS) is 10.7. The molecule has 0 aliphatic carbocycles. The van der Waals surface area contributed by atoms with Crippen LogP contribution in [0.15, 0.2) is 40.9 Å². The first-order valence-electron chi connectivity index (χ1n) is 8.38. The van der Waals surface area contributed by atoms with Crippen LogP contribution in [0.25, 0.3) is 10.6 Å². The van der Waals surface area contributed by atoms with E-state index in [0.717, 1.165) is 4.88 Å². The Hall–Kier alpha value is -3.66. The predicted molar refractivity (Wildman–Crippen MR) is 108 cm³/mol. The van der Waals surface area contributed by atoms with Gasteiger partial charge in [0.25, 0.3) is 5.91 Å². The van der Waals surface area contributed by atoms with Gasteiger partial charge >= 0.3 is 5.97 Å². The standard InChI is InChI=1S/C19H18N4O5S/c1-11(24)28-18-14(26-2)7-12(8-15(18)27-3)9-20-23-19(25)13-10-21-22-17(13)16-5-4-6-29-16/h4-10H,1-3H3,(H,21,22)(H,23,25)/b20-9-. The van der Waals surface area contributed by atoms with Crippen LogP contribution in [0.5, 0.6) is 17.2 Å². The van der Waals surface area contributed by atoms with E-state index in [2.05, 4.69) is 20.7 Å². The SMILES string of the molecule is COc1cc(/C=N\NC(=O)c2cn[nH]c2-c2cccs2)cc(OC)c1OC(C)=O. The third-order valence-corrected chi connectivity index (χ3v) is 4.65. The Bertz CT molecular complexity index is 1020. The summed E-state index contributed by atoms with van der Waals surface area (Å²) in [6, 6.07) is 6.99. The van der Waals surface area contributed by atoms with Gasteiger partial charge in [-0.3, -0.25) is 14.7 Å². The molecule has 2 heterocycles. The molecule has 0 atom stereocenters. The van der Waals surface area contributed by atoms with Gasteiger partial charge in [-0.1, -0.05) is 6.07 Å². The van der Waals surface area contributed by atoms with Crippen LogP contribution in [-0.2, 0) is 4.79 Å². The Kier molecular flexibility index (Phi) is 6.25. The second-order valence-corrected chi connectivity index (χ2v) is 6.63. The number of H-pyrrole nitrogens is 1. The van der Waals surface area contributed by atoms with Crippen molar-refractivity contribution in [3.05, 3.63) is 47.0 Å². The van der Waals surface area contributed by atoms with Crippen LogP contribution in [-0.4, -0.2) is 42.5 Å². The monoisotopic (exact) mass is 414 g/mol. The largest absolute Gasteiger partial charge is 0.493 e. The zero-order chi connectivity index (χ0) is 20.8. The summed E-state index contributed by atoms with van der Waals surface area (Å²) < 4.78 is 15.7. The van der Waals surface area contributed by atoms with Gasteiger partial charge in [-0.05, 0) is 23.6 Å². The Labute approximate surface area is 170 Å². The predicted octanol–water partition coefficient (Wildman–Crippen LogP) is 2.84. The highest BCUT2D eigenvalue weighted by atomic mass is 32.1. The minimum atomic E-state index is -0.503. The van der Waals surface area contributed by atoms with E-state index in [0.29, 0.717) is 28.3 Å². The van der Waals surface area contributed by atoms with Crippen molar-refractivity contribution in [2.75, 3.05) is 14.2 Å². The van der Waals surface area contributed by atoms with E-state index in [1.807, 2.05) is 17.5 Å². The minimum absolute atomic E-state index is 0.169. The van der Waals surface area contributed by atoms with Crippen LogP contribution in [0, 0.1) is 0 Å². The minimum Gasteiger partial charge on any atom is -0.493 e. The van der Waals surface area contributed by atoms with E-state index in [4.69, 9.17) is 14.2 Å². The zero-order valence-electron chi connectivity index (χ0n) is 15.9. The molecule has 0 spiro atoms. The Morgan fingerprint density at radius 3 is 2.55 bits per heavy atom. The van der Waals surface area contributed by atoms with E-state index in [1.54, 1.807) is 12.1 Å². The van der Waals surface area contributed by atoms with Crippen molar-refractivity contribution in [1.29, 1.82) is 0 Å². The second kappa shape index (κ2) is 9.02. The van der Waals surface area contributed by atoms with Gasteiger partial charge in [0.15, 0.2) is 11.5 Å². The van der Waals surface area contributed by atoms with Gasteiger partial charge in [-0.15, -0.1) is 11.3 Å². The van der Waals surface area contributed by atoms with E-state index < -0.39 is 11.9 Å². The highest BCUT2D eigenvalue weighted by molar-refractivity contribution is 7.13. The number of methoxy groups -OCH3 is 2. The lowest BCUT2D eigenvalue weighted by molar-refractivity contribution is -0.132. The summed E-state index contributed by atoms with van der Waals surface area (Å²) in [5, 5.41) is 12.7. The number of aromatic nitrogens is 2. The summed E-state index contributed by atoms with van der Waals surface area (Å²) in [7, 11) is 2.88. The maximum absolute atomic E-state index is 12.4. The number of carbonyl (C=O) groups excluding carboxylic acids is 2. The number of carbonyl (C=O) groups is 2. The average Bonchev–Trinajstić information content (AvgIpc) is 3.39. The fourth-order valence-corrected chi connectivity index (χ4v) is 3.25. The van der Waals surface area contributed by atoms with Crippen LogP contribution in [0.4, 0.5) is 0 Å². The van der Waals surface area contributed by atoms with Crippen molar-refractivity contribution in [3.8, 4) is 27.8 Å². The molecule has 0 aliphatic rings. The van der Waals surface area contributed by atoms with Gasteiger partial charge in [-0.2, -0.15) is 10.2 Å². The molecule has 1 aromatic carbocycles. The summed E-state index contributed by atoms with van der Waals surface area (Å²) in [6.45, 7) is 1.28. The van der Waals surface area contributed by atoms with Gasteiger partial charge in [0, 0.05) is 12.5 Å². The lowest BCUT2D eigenvalue weighted by Crippen LogP contribution is -2.17. The van der Waals surface area contributed by atoms with Gasteiger partial charge in [0.05, 0.1) is 42.8 Å². The summed E-state index contributed by atoms with van der Waals surface area (Å²) >= 11 is 1.49. The van der Waals surface area contributed by atoms with Crippen LogP contribution in [0.1, 0.15) is 22.8 Å². The molecule has 0 radical (unpaired) electrons. The molecule has 0 unspecified atom stereocenters. The first kappa shape index (κ1) is 20.1. The summed E-state index contributed by atoms with van der Waals surface area (Å²) in [5.41, 5.74) is 4.04. The number of ether oxygens (including phenoxy) is 3. The van der Waals surface area contributed by atoms with Gasteiger partial charge in [0.1, 0.15) is 0 Å². The Morgan fingerprint density at radius 2 is 1.97 bits per heavy atom. The molecule has 0 saturated carbocycles. The Balaban J connectivity index is 1.78. The molecule has 29 heavy (non-hydrogen) atoms. The van der Waals surface area contributed by atoms with Gasteiger partial charge in [0.2, 0.25) is 5.75 Å². The number of thiophene rings is 1. The van der Waals surface area contributed by atoms with Crippen molar-refractivity contribution in [2.45, 2.75) is 6.92 Å². The molecule has 2 N–H and O–H groups in total. The van der Waals surface area contributed by atoms with Crippen LogP contribution < -0.4 is 19.6 Å². The molecule has 150 valence electrons. The lowest BCUT2D eigenvalue weighted by Gasteiger charge is -2.13. The number of rotatable bonds is 7. The van der Waals surface area contributed by atoms with Gasteiger partial charge < -0.3 is 14.2 Å². The van der Waals surface area contributed by atoms with Crippen molar-refractivity contribution in [3.63, 3.8) is 0 Å². The molecular weight excluding hydrogens is 396 g/mol. The number of amides is 1. The first-order valence-corrected chi connectivity index (χ1v) is 9.26. The summed E-state index contributed by atoms with van der Waals surface area (Å²) in [6.07, 6.45) is 2.87. The molecule has 3 aromatic rings. The average molecular weight is 414 g/mol. The number of hydrazone groups is 1. The van der Waals surface area contributed by atoms with Crippen molar-refractivity contribution < 1.29 is 23.8 Å². The fourth-order valence-electron chi connectivity index (χ4n) is 2.51. The molecule has 1 amide bonds. The number of benzene rings is 1. The third kappa shape index (κ3) is 4.61. The number of hydrogen-bond donors (Lipinski definition) is 2. The first-order chi connectivity index (χ1) is 14.0. The topological polar surface area (TPSA) is 115 Å². The zero-order valence-corrected chi connectivity index (χ0v) is 16.7.